The van der Waals surface area contributed by atoms with Gasteiger partial charge in [0.1, 0.15) is 0 Å². The lowest BCUT2D eigenvalue weighted by Crippen LogP contribution is -2.33. The van der Waals surface area contributed by atoms with Gasteiger partial charge in [-0.3, -0.25) is 0 Å². The first-order valence-electron chi connectivity index (χ1n) is 6.21. The second-order valence-electron chi connectivity index (χ2n) is 4.56. The zero-order chi connectivity index (χ0) is 14.5. The minimum atomic E-state index is -1.12. The molecule has 6 nitrogen and oxygen atoms in total. The molecule has 7 heteroatoms. The van der Waals surface area contributed by atoms with Crippen molar-refractivity contribution in [2.45, 2.75) is 6.42 Å². The molecule has 3 N–H and O–H groups in total. The van der Waals surface area contributed by atoms with Crippen LogP contribution in [0.2, 0.25) is 5.02 Å². The molecule has 1 fully saturated rings. The number of urea groups is 1. The smallest absolute Gasteiger partial charge is 0.337 e. The molecule has 1 aliphatic rings. The van der Waals surface area contributed by atoms with Gasteiger partial charge in [-0.15, -0.1) is 0 Å². The Hall–Kier alpha value is -1.79. The van der Waals surface area contributed by atoms with E-state index in [-0.39, 0.29) is 11.3 Å². The number of amides is 2. The molecular formula is C13H15ClN2O4. The van der Waals surface area contributed by atoms with Crippen LogP contribution in [0.1, 0.15) is 16.8 Å². The zero-order valence-electron chi connectivity index (χ0n) is 10.7. The fourth-order valence-corrected chi connectivity index (χ4v) is 2.13. The van der Waals surface area contributed by atoms with E-state index in [2.05, 4.69) is 10.6 Å². The molecule has 0 saturated carbocycles. The largest absolute Gasteiger partial charge is 0.478 e. The number of carboxylic acids is 1. The van der Waals surface area contributed by atoms with Gasteiger partial charge >= 0.3 is 12.0 Å². The molecule has 0 bridgehead atoms. The molecule has 0 spiro atoms. The molecule has 1 unspecified atom stereocenters. The number of anilines is 1. The van der Waals surface area contributed by atoms with Crippen molar-refractivity contribution < 1.29 is 19.4 Å². The fraction of sp³-hybridized carbons (Fsp3) is 0.385. The van der Waals surface area contributed by atoms with Gasteiger partial charge in [-0.05, 0) is 24.6 Å². The number of benzene rings is 1. The normalized spacial score (nSPS) is 17.8. The van der Waals surface area contributed by atoms with Gasteiger partial charge in [0.05, 0.1) is 17.9 Å². The maximum atomic E-state index is 11.8. The molecule has 1 aromatic carbocycles. The lowest BCUT2D eigenvalue weighted by Gasteiger charge is -2.12. The van der Waals surface area contributed by atoms with Gasteiger partial charge in [0.25, 0.3) is 0 Å². The standard InChI is InChI=1S/C13H15ClN2O4/c14-9-1-2-10(12(17)18)11(5-9)16-13(19)15-6-8-3-4-20-7-8/h1-2,5,8H,3-4,6-7H2,(H,17,18)(H2,15,16,19). The van der Waals surface area contributed by atoms with E-state index in [1.165, 1.54) is 18.2 Å². The van der Waals surface area contributed by atoms with Crippen LogP contribution in [-0.2, 0) is 4.74 Å². The lowest BCUT2D eigenvalue weighted by atomic mass is 10.1. The van der Waals surface area contributed by atoms with Gasteiger partial charge in [0, 0.05) is 24.1 Å². The van der Waals surface area contributed by atoms with Crippen LogP contribution >= 0.6 is 11.6 Å². The number of aromatic carboxylic acids is 1. The summed E-state index contributed by atoms with van der Waals surface area (Å²) in [5, 5.41) is 14.6. The summed E-state index contributed by atoms with van der Waals surface area (Å²) in [5.41, 5.74) is 0.166. The van der Waals surface area contributed by atoms with Gasteiger partial charge in [-0.2, -0.15) is 0 Å². The van der Waals surface area contributed by atoms with E-state index in [4.69, 9.17) is 21.4 Å². The van der Waals surface area contributed by atoms with Gasteiger partial charge < -0.3 is 20.5 Å². The predicted octanol–water partition coefficient (Wildman–Crippen LogP) is 2.20. The topological polar surface area (TPSA) is 87.7 Å². The molecule has 20 heavy (non-hydrogen) atoms. The van der Waals surface area contributed by atoms with Crippen molar-refractivity contribution in [3.63, 3.8) is 0 Å². The molecule has 108 valence electrons. The molecule has 2 rings (SSSR count). The number of carbonyl (C=O) groups excluding carboxylic acids is 1. The SMILES string of the molecule is O=C(NCC1CCOC1)Nc1cc(Cl)ccc1C(=O)O. The highest BCUT2D eigenvalue weighted by molar-refractivity contribution is 6.31. The number of hydrogen-bond donors (Lipinski definition) is 3. The Morgan fingerprint density at radius 2 is 2.25 bits per heavy atom. The highest BCUT2D eigenvalue weighted by Gasteiger charge is 2.17. The highest BCUT2D eigenvalue weighted by Crippen LogP contribution is 2.21. The van der Waals surface area contributed by atoms with Crippen LogP contribution in [0.3, 0.4) is 0 Å². The summed E-state index contributed by atoms with van der Waals surface area (Å²) in [5.74, 6) is -0.819. The van der Waals surface area contributed by atoms with E-state index < -0.39 is 12.0 Å². The van der Waals surface area contributed by atoms with Crippen molar-refractivity contribution >= 4 is 29.3 Å². The number of hydrogen-bond acceptors (Lipinski definition) is 3. The summed E-state index contributed by atoms with van der Waals surface area (Å²) in [6.07, 6.45) is 0.915. The van der Waals surface area contributed by atoms with Crippen molar-refractivity contribution in [2.75, 3.05) is 25.1 Å². The Balaban J connectivity index is 1.96. The third-order valence-electron chi connectivity index (χ3n) is 3.04. The van der Waals surface area contributed by atoms with Crippen LogP contribution < -0.4 is 10.6 Å². The molecule has 1 atom stereocenters. The van der Waals surface area contributed by atoms with Gasteiger partial charge in [-0.25, -0.2) is 9.59 Å². The number of nitrogens with one attached hydrogen (secondary N) is 2. The molecule has 0 radical (unpaired) electrons. The minimum absolute atomic E-state index is 0.00579. The molecule has 0 aliphatic carbocycles. The second-order valence-corrected chi connectivity index (χ2v) is 5.00. The fourth-order valence-electron chi connectivity index (χ4n) is 1.95. The number of rotatable bonds is 4. The summed E-state index contributed by atoms with van der Waals surface area (Å²) in [6, 6.07) is 3.76. The summed E-state index contributed by atoms with van der Waals surface area (Å²) in [6.45, 7) is 1.85. The van der Waals surface area contributed by atoms with E-state index in [0.717, 1.165) is 6.42 Å². The van der Waals surface area contributed by atoms with E-state index in [9.17, 15) is 9.59 Å². The predicted molar refractivity (Wildman–Crippen MR) is 74.4 cm³/mol. The number of ether oxygens (including phenoxy) is 1. The Labute approximate surface area is 121 Å². The van der Waals surface area contributed by atoms with Crippen LogP contribution in [-0.4, -0.2) is 36.9 Å². The van der Waals surface area contributed by atoms with Gasteiger partial charge in [0.2, 0.25) is 0 Å². The molecular weight excluding hydrogens is 284 g/mol. The minimum Gasteiger partial charge on any atom is -0.478 e. The summed E-state index contributed by atoms with van der Waals surface area (Å²) in [4.78, 5) is 22.8. The summed E-state index contributed by atoms with van der Waals surface area (Å²) in [7, 11) is 0. The van der Waals surface area contributed by atoms with Gasteiger partial charge in [-0.1, -0.05) is 11.6 Å². The average Bonchev–Trinajstić information content (AvgIpc) is 2.89. The summed E-state index contributed by atoms with van der Waals surface area (Å²) >= 11 is 5.80. The van der Waals surface area contributed by atoms with E-state index in [0.29, 0.717) is 30.7 Å². The Bertz CT molecular complexity index is 515. The van der Waals surface area contributed by atoms with Crippen LogP contribution in [0.4, 0.5) is 10.5 Å². The molecule has 2 amide bonds. The Morgan fingerprint density at radius 3 is 2.90 bits per heavy atom. The first-order chi connectivity index (χ1) is 9.56. The maximum absolute atomic E-state index is 11.8. The van der Waals surface area contributed by atoms with E-state index >= 15 is 0 Å². The third-order valence-corrected chi connectivity index (χ3v) is 3.27. The Kier molecular flexibility index (Phi) is 4.81. The number of carbonyl (C=O) groups is 2. The second kappa shape index (κ2) is 6.58. The van der Waals surface area contributed by atoms with Crippen LogP contribution in [0, 0.1) is 5.92 Å². The van der Waals surface area contributed by atoms with Crippen molar-refractivity contribution in [2.24, 2.45) is 5.92 Å². The number of halogens is 1. The van der Waals surface area contributed by atoms with Crippen molar-refractivity contribution in [1.29, 1.82) is 0 Å². The van der Waals surface area contributed by atoms with Crippen molar-refractivity contribution in [1.82, 2.24) is 5.32 Å². The first-order valence-corrected chi connectivity index (χ1v) is 6.59. The van der Waals surface area contributed by atoms with Crippen LogP contribution in [0.5, 0.6) is 0 Å². The molecule has 1 heterocycles. The van der Waals surface area contributed by atoms with Crippen LogP contribution in [0.15, 0.2) is 18.2 Å². The lowest BCUT2D eigenvalue weighted by molar-refractivity contribution is 0.0698. The highest BCUT2D eigenvalue weighted by atomic mass is 35.5. The van der Waals surface area contributed by atoms with E-state index in [1.807, 2.05) is 0 Å². The maximum Gasteiger partial charge on any atom is 0.337 e. The van der Waals surface area contributed by atoms with Crippen molar-refractivity contribution in [3.05, 3.63) is 28.8 Å². The third kappa shape index (κ3) is 3.85. The molecule has 1 aromatic rings. The number of carboxylic acid groups (broad SMARTS) is 1. The molecule has 0 aromatic heterocycles. The van der Waals surface area contributed by atoms with Crippen LogP contribution in [0.25, 0.3) is 0 Å². The van der Waals surface area contributed by atoms with Gasteiger partial charge in [0.15, 0.2) is 0 Å². The molecule has 1 saturated heterocycles. The molecule has 1 aliphatic heterocycles. The first kappa shape index (κ1) is 14.6. The Morgan fingerprint density at radius 1 is 1.45 bits per heavy atom. The van der Waals surface area contributed by atoms with Crippen molar-refractivity contribution in [3.8, 4) is 0 Å². The quantitative estimate of drug-likeness (QED) is 0.795. The average molecular weight is 299 g/mol. The summed E-state index contributed by atoms with van der Waals surface area (Å²) < 4.78 is 5.21. The van der Waals surface area contributed by atoms with E-state index in [1.54, 1.807) is 0 Å². The monoisotopic (exact) mass is 298 g/mol. The zero-order valence-corrected chi connectivity index (χ0v) is 11.4.